The Morgan fingerprint density at radius 1 is 1.35 bits per heavy atom. The molecule has 5 nitrogen and oxygen atoms in total. The van der Waals surface area contributed by atoms with E-state index in [-0.39, 0.29) is 17.2 Å². The van der Waals surface area contributed by atoms with E-state index in [1.54, 1.807) is 0 Å². The molecule has 0 aromatic carbocycles. The van der Waals surface area contributed by atoms with E-state index >= 15 is 0 Å². The van der Waals surface area contributed by atoms with Crippen molar-refractivity contribution in [2.45, 2.75) is 17.2 Å². The van der Waals surface area contributed by atoms with Crippen LogP contribution in [0.4, 0.5) is 0 Å². The Labute approximate surface area is 132 Å². The van der Waals surface area contributed by atoms with E-state index < -0.39 is 16.0 Å². The van der Waals surface area contributed by atoms with Gasteiger partial charge in [-0.15, -0.1) is 22.7 Å². The third-order valence-corrected chi connectivity index (χ3v) is 7.25. The molecule has 0 atom stereocenters. The lowest BCUT2D eigenvalue weighted by atomic mass is 10.3. The molecule has 0 amide bonds. The number of nitrogens with one attached hydrogen (secondary N) is 1. The normalized spacial score (nSPS) is 11.7. The van der Waals surface area contributed by atoms with Gasteiger partial charge in [0.2, 0.25) is 10.0 Å². The molecule has 0 fully saturated rings. The standard InChI is InChI=1S/C11H10BrNO4S3/c12-8-3-4-18-9(8)6-13-20(16,17)11-2-1-7(19-11)5-10(14)15/h1-4,13H,5-6H2,(H,14,15). The van der Waals surface area contributed by atoms with Gasteiger partial charge in [0.15, 0.2) is 0 Å². The van der Waals surface area contributed by atoms with E-state index in [0.717, 1.165) is 20.7 Å². The van der Waals surface area contributed by atoms with Gasteiger partial charge < -0.3 is 5.11 Å². The fraction of sp³-hybridized carbons (Fsp3) is 0.182. The number of thiophene rings is 2. The number of hydrogen-bond acceptors (Lipinski definition) is 5. The molecule has 0 aliphatic carbocycles. The third-order valence-electron chi connectivity index (χ3n) is 2.34. The summed E-state index contributed by atoms with van der Waals surface area (Å²) in [5, 5.41) is 10.5. The first kappa shape index (κ1) is 15.6. The Balaban J connectivity index is 2.08. The molecular weight excluding hydrogens is 386 g/mol. The Hall–Kier alpha value is -0.740. The van der Waals surface area contributed by atoms with Crippen LogP contribution in [0.5, 0.6) is 0 Å². The monoisotopic (exact) mass is 395 g/mol. The van der Waals surface area contributed by atoms with Crippen LogP contribution in [0.3, 0.4) is 0 Å². The van der Waals surface area contributed by atoms with Crippen molar-refractivity contribution in [3.05, 3.63) is 37.8 Å². The van der Waals surface area contributed by atoms with Crippen molar-refractivity contribution in [2.75, 3.05) is 0 Å². The average Bonchev–Trinajstić information content (AvgIpc) is 2.95. The molecule has 2 rings (SSSR count). The van der Waals surface area contributed by atoms with Gasteiger partial charge in [0, 0.05) is 20.8 Å². The number of sulfonamides is 1. The van der Waals surface area contributed by atoms with E-state index in [4.69, 9.17) is 5.11 Å². The average molecular weight is 396 g/mol. The number of rotatable bonds is 6. The minimum atomic E-state index is -3.61. The SMILES string of the molecule is O=C(O)Cc1ccc(S(=O)(=O)NCc2sccc2Br)s1. The second-order valence-electron chi connectivity index (χ2n) is 3.81. The first-order valence-electron chi connectivity index (χ1n) is 5.40. The molecule has 0 unspecified atom stereocenters. The lowest BCUT2D eigenvalue weighted by Crippen LogP contribution is -2.22. The summed E-state index contributed by atoms with van der Waals surface area (Å²) >= 11 is 5.76. The first-order chi connectivity index (χ1) is 9.38. The van der Waals surface area contributed by atoms with Crippen molar-refractivity contribution in [1.29, 1.82) is 0 Å². The smallest absolute Gasteiger partial charge is 0.308 e. The van der Waals surface area contributed by atoms with Gasteiger partial charge in [-0.2, -0.15) is 0 Å². The maximum absolute atomic E-state index is 12.1. The molecule has 20 heavy (non-hydrogen) atoms. The van der Waals surface area contributed by atoms with Gasteiger partial charge in [-0.1, -0.05) is 0 Å². The Morgan fingerprint density at radius 3 is 2.70 bits per heavy atom. The highest BCUT2D eigenvalue weighted by atomic mass is 79.9. The summed E-state index contributed by atoms with van der Waals surface area (Å²) < 4.78 is 27.6. The number of aliphatic carboxylic acids is 1. The van der Waals surface area contributed by atoms with Gasteiger partial charge >= 0.3 is 5.97 Å². The van der Waals surface area contributed by atoms with Gasteiger partial charge in [-0.3, -0.25) is 4.79 Å². The molecule has 0 bridgehead atoms. The van der Waals surface area contributed by atoms with Crippen molar-refractivity contribution in [3.8, 4) is 0 Å². The summed E-state index contributed by atoms with van der Waals surface area (Å²) in [5.41, 5.74) is 0. The van der Waals surface area contributed by atoms with Crippen molar-refractivity contribution in [3.63, 3.8) is 0 Å². The molecule has 2 N–H and O–H groups in total. The Bertz CT molecular complexity index is 720. The highest BCUT2D eigenvalue weighted by Crippen LogP contribution is 2.25. The summed E-state index contributed by atoms with van der Waals surface area (Å²) in [6, 6.07) is 4.80. The van der Waals surface area contributed by atoms with E-state index in [0.29, 0.717) is 4.88 Å². The van der Waals surface area contributed by atoms with Crippen LogP contribution in [0.25, 0.3) is 0 Å². The molecule has 108 valence electrons. The third kappa shape index (κ3) is 3.89. The summed E-state index contributed by atoms with van der Waals surface area (Å²) in [7, 11) is -3.61. The van der Waals surface area contributed by atoms with Crippen LogP contribution in [0.2, 0.25) is 0 Å². The van der Waals surface area contributed by atoms with Crippen molar-refractivity contribution in [2.24, 2.45) is 0 Å². The van der Waals surface area contributed by atoms with Crippen molar-refractivity contribution >= 4 is 54.6 Å². The largest absolute Gasteiger partial charge is 0.481 e. The second-order valence-corrected chi connectivity index (χ2v) is 8.82. The van der Waals surface area contributed by atoms with Gasteiger partial charge in [-0.05, 0) is 39.5 Å². The predicted molar refractivity (Wildman–Crippen MR) is 81.7 cm³/mol. The summed E-state index contributed by atoms with van der Waals surface area (Å²) in [4.78, 5) is 12.0. The number of hydrogen-bond donors (Lipinski definition) is 2. The molecule has 0 spiro atoms. The molecular formula is C11H10BrNO4S3. The quantitative estimate of drug-likeness (QED) is 0.787. The summed E-state index contributed by atoms with van der Waals surface area (Å²) in [6.45, 7) is 0.201. The minimum absolute atomic E-state index is 0.126. The number of carboxylic acid groups (broad SMARTS) is 1. The minimum Gasteiger partial charge on any atom is -0.481 e. The molecule has 2 aromatic rings. The molecule has 2 heterocycles. The van der Waals surface area contributed by atoms with E-state index in [1.165, 1.54) is 23.5 Å². The van der Waals surface area contributed by atoms with Crippen LogP contribution >= 0.6 is 38.6 Å². The van der Waals surface area contributed by atoms with E-state index in [1.807, 2.05) is 11.4 Å². The molecule has 2 aromatic heterocycles. The van der Waals surface area contributed by atoms with Crippen LogP contribution in [0.1, 0.15) is 9.75 Å². The second kappa shape index (κ2) is 6.35. The molecule has 0 saturated carbocycles. The Kier molecular flexibility index (Phi) is 4.97. The first-order valence-corrected chi connectivity index (χ1v) is 9.38. The summed E-state index contributed by atoms with van der Waals surface area (Å²) in [6.07, 6.45) is -0.170. The van der Waals surface area contributed by atoms with Gasteiger partial charge in [-0.25, -0.2) is 13.1 Å². The molecule has 0 radical (unpaired) electrons. The van der Waals surface area contributed by atoms with Crippen molar-refractivity contribution in [1.82, 2.24) is 4.72 Å². The fourth-order valence-electron chi connectivity index (χ4n) is 1.43. The van der Waals surface area contributed by atoms with Gasteiger partial charge in [0.25, 0.3) is 0 Å². The lowest BCUT2D eigenvalue weighted by molar-refractivity contribution is -0.136. The van der Waals surface area contributed by atoms with Crippen LogP contribution < -0.4 is 4.72 Å². The van der Waals surface area contributed by atoms with Gasteiger partial charge in [0.05, 0.1) is 6.42 Å². The molecule has 0 aliphatic heterocycles. The molecule has 9 heteroatoms. The number of carboxylic acids is 1. The maximum Gasteiger partial charge on any atom is 0.308 e. The molecule has 0 aliphatic rings. The van der Waals surface area contributed by atoms with E-state index in [2.05, 4.69) is 20.7 Å². The zero-order chi connectivity index (χ0) is 14.8. The van der Waals surface area contributed by atoms with Crippen LogP contribution in [-0.4, -0.2) is 19.5 Å². The zero-order valence-corrected chi connectivity index (χ0v) is 14.0. The van der Waals surface area contributed by atoms with Gasteiger partial charge in [0.1, 0.15) is 4.21 Å². The molecule has 0 saturated heterocycles. The fourth-order valence-corrected chi connectivity index (χ4v) is 5.34. The predicted octanol–water partition coefficient (Wildman–Crippen LogP) is 2.68. The highest BCUT2D eigenvalue weighted by Gasteiger charge is 2.18. The van der Waals surface area contributed by atoms with Crippen molar-refractivity contribution < 1.29 is 18.3 Å². The van der Waals surface area contributed by atoms with E-state index in [9.17, 15) is 13.2 Å². The van der Waals surface area contributed by atoms with Crippen LogP contribution in [-0.2, 0) is 27.8 Å². The maximum atomic E-state index is 12.1. The number of carbonyl (C=O) groups is 1. The van der Waals surface area contributed by atoms with Crippen LogP contribution in [0, 0.1) is 0 Å². The topological polar surface area (TPSA) is 83.5 Å². The lowest BCUT2D eigenvalue weighted by Gasteiger charge is -2.03. The summed E-state index contributed by atoms with van der Waals surface area (Å²) in [5.74, 6) is -0.980. The Morgan fingerprint density at radius 2 is 2.10 bits per heavy atom. The van der Waals surface area contributed by atoms with Crippen LogP contribution in [0.15, 0.2) is 32.3 Å². The zero-order valence-electron chi connectivity index (χ0n) is 10.00. The number of halogens is 1. The highest BCUT2D eigenvalue weighted by molar-refractivity contribution is 9.10.